The van der Waals surface area contributed by atoms with E-state index in [-0.39, 0.29) is 5.76 Å². The smallest absolute Gasteiger partial charge is 0.148 e. The first-order valence-corrected chi connectivity index (χ1v) is 4.79. The molecule has 0 aromatic carbocycles. The summed E-state index contributed by atoms with van der Waals surface area (Å²) in [5.74, 6) is 2.17. The van der Waals surface area contributed by atoms with E-state index in [1.807, 2.05) is 0 Å². The average Bonchev–Trinajstić information content (AvgIpc) is 2.05. The van der Waals surface area contributed by atoms with Crippen molar-refractivity contribution in [2.24, 2.45) is 17.8 Å². The molecule has 3 rings (SSSR count). The number of fused-ring (bicyclic) bond motifs is 2. The molecule has 0 saturated heterocycles. The second-order valence-electron chi connectivity index (χ2n) is 4.12. The fourth-order valence-electron chi connectivity index (χ4n) is 2.58. The Morgan fingerprint density at radius 2 is 2.25 bits per heavy atom. The first kappa shape index (κ1) is 7.90. The molecule has 0 amide bonds. The highest BCUT2D eigenvalue weighted by Crippen LogP contribution is 2.42. The van der Waals surface area contributed by atoms with Gasteiger partial charge in [0.15, 0.2) is 0 Å². The Morgan fingerprint density at radius 3 is 2.67 bits per heavy atom. The lowest BCUT2D eigenvalue weighted by atomic mass is 9.68. The van der Waals surface area contributed by atoms with Crippen LogP contribution in [0.3, 0.4) is 0 Å². The van der Waals surface area contributed by atoms with E-state index in [0.29, 0.717) is 18.3 Å². The summed E-state index contributed by atoms with van der Waals surface area (Å²) in [5.41, 5.74) is 0. The van der Waals surface area contributed by atoms with Gasteiger partial charge in [-0.05, 0) is 37.0 Å². The normalized spacial score (nSPS) is 38.5. The van der Waals surface area contributed by atoms with Gasteiger partial charge < -0.3 is 0 Å². The van der Waals surface area contributed by atoms with Crippen LogP contribution < -0.4 is 0 Å². The van der Waals surface area contributed by atoms with Crippen molar-refractivity contribution in [3.05, 3.63) is 24.5 Å². The quantitative estimate of drug-likeness (QED) is 0.440. The van der Waals surface area contributed by atoms with Gasteiger partial charge in [-0.2, -0.15) is 0 Å². The van der Waals surface area contributed by atoms with Crippen molar-refractivity contribution in [1.29, 1.82) is 0 Å². The third kappa shape index (κ3) is 1.40. The molecule has 1 heteroatoms. The molecule has 0 N–H and O–H groups in total. The fraction of sp³-hybridized carbons (Fsp3) is 0.636. The predicted molar refractivity (Wildman–Crippen MR) is 47.9 cm³/mol. The van der Waals surface area contributed by atoms with E-state index < -0.39 is 0 Å². The van der Waals surface area contributed by atoms with Crippen LogP contribution in [-0.4, -0.2) is 0 Å². The number of rotatable bonds is 2. The Hall–Kier alpha value is -0.720. The zero-order valence-electron chi connectivity index (χ0n) is 7.33. The van der Waals surface area contributed by atoms with E-state index in [1.165, 1.54) is 19.3 Å². The van der Waals surface area contributed by atoms with Crippen LogP contribution in [0.25, 0.3) is 0 Å². The van der Waals surface area contributed by atoms with Crippen LogP contribution >= 0.6 is 0 Å². The zero-order chi connectivity index (χ0) is 8.55. The molecule has 3 atom stereocenters. The summed E-state index contributed by atoms with van der Waals surface area (Å²) in [4.78, 5) is 0. The minimum Gasteiger partial charge on any atom is -0.296 e. The molecule has 0 aliphatic heterocycles. The second kappa shape index (κ2) is 2.96. The van der Waals surface area contributed by atoms with Crippen LogP contribution in [-0.2, 0) is 5.11 Å². The molecule has 0 heterocycles. The fourth-order valence-corrected chi connectivity index (χ4v) is 2.58. The Labute approximate surface area is 73.8 Å². The molecule has 3 aliphatic rings. The van der Waals surface area contributed by atoms with Crippen molar-refractivity contribution in [1.82, 2.24) is 0 Å². The monoisotopic (exact) mass is 163 g/mol. The number of hydrogen-bond acceptors (Lipinski definition) is 0. The number of allylic oxidation sites excluding steroid dienone is 3. The topological polar surface area (TPSA) is 19.9 Å². The van der Waals surface area contributed by atoms with Crippen molar-refractivity contribution in [2.75, 3.05) is 0 Å². The summed E-state index contributed by atoms with van der Waals surface area (Å²) in [7, 11) is 0. The molecule has 2 unspecified atom stereocenters. The van der Waals surface area contributed by atoms with E-state index in [9.17, 15) is 5.11 Å². The Kier molecular flexibility index (Phi) is 1.95. The van der Waals surface area contributed by atoms with Gasteiger partial charge in [-0.15, -0.1) is 0 Å². The van der Waals surface area contributed by atoms with Gasteiger partial charge in [0.05, 0.1) is 0 Å². The average molecular weight is 163 g/mol. The van der Waals surface area contributed by atoms with Crippen molar-refractivity contribution in [2.45, 2.75) is 25.7 Å². The lowest BCUT2D eigenvalue weighted by Crippen LogP contribution is -2.27. The third-order valence-electron chi connectivity index (χ3n) is 3.20. The molecule has 0 aromatic rings. The van der Waals surface area contributed by atoms with E-state index in [1.54, 1.807) is 0 Å². The van der Waals surface area contributed by atoms with Gasteiger partial charge in [-0.25, -0.2) is 0 Å². The van der Waals surface area contributed by atoms with Crippen LogP contribution in [0, 0.1) is 17.8 Å². The van der Waals surface area contributed by atoms with E-state index >= 15 is 0 Å². The standard InChI is InChI=1S/C11H15O/c1-8(12)6-11-7-9-2-4-10(11)5-3-9/h2,4,9-11H,1,3,5-7H2/t9?,10?,11-/m0/s1. The molecule has 1 saturated carbocycles. The minimum atomic E-state index is 0.112. The first-order chi connectivity index (χ1) is 5.75. The van der Waals surface area contributed by atoms with Crippen molar-refractivity contribution in [3.63, 3.8) is 0 Å². The summed E-state index contributed by atoms with van der Waals surface area (Å²) in [6.07, 6.45) is 9.19. The minimum absolute atomic E-state index is 0.112. The maximum absolute atomic E-state index is 10.9. The van der Waals surface area contributed by atoms with E-state index in [4.69, 9.17) is 0 Å². The molecule has 1 fully saturated rings. The van der Waals surface area contributed by atoms with Crippen molar-refractivity contribution >= 4 is 0 Å². The molecule has 0 aromatic heterocycles. The molecule has 2 bridgehead atoms. The number of hydrogen-bond donors (Lipinski definition) is 0. The molecule has 3 aliphatic carbocycles. The SMILES string of the molecule is C=C([O])C[C@H]1CC2C=CC1CC2. The molecule has 65 valence electrons. The summed E-state index contributed by atoms with van der Waals surface area (Å²) in [6.45, 7) is 3.45. The van der Waals surface area contributed by atoms with Gasteiger partial charge in [-0.1, -0.05) is 18.7 Å². The first-order valence-electron chi connectivity index (χ1n) is 4.79. The predicted octanol–water partition coefficient (Wildman–Crippen LogP) is 2.92. The van der Waals surface area contributed by atoms with Crippen LogP contribution in [0.5, 0.6) is 0 Å². The van der Waals surface area contributed by atoms with E-state index in [0.717, 1.165) is 5.92 Å². The highest BCUT2D eigenvalue weighted by atomic mass is 16.3. The van der Waals surface area contributed by atoms with E-state index in [2.05, 4.69) is 18.7 Å². The summed E-state index contributed by atoms with van der Waals surface area (Å²) in [6, 6.07) is 0. The molecular formula is C11H15O. The zero-order valence-corrected chi connectivity index (χ0v) is 7.33. The second-order valence-corrected chi connectivity index (χ2v) is 4.12. The third-order valence-corrected chi connectivity index (χ3v) is 3.20. The lowest BCUT2D eigenvalue weighted by molar-refractivity contribution is 0.181. The Morgan fingerprint density at radius 1 is 1.42 bits per heavy atom. The summed E-state index contributed by atoms with van der Waals surface area (Å²) in [5, 5.41) is 10.9. The highest BCUT2D eigenvalue weighted by molar-refractivity contribution is 5.07. The van der Waals surface area contributed by atoms with Gasteiger partial charge in [0, 0.05) is 6.42 Å². The van der Waals surface area contributed by atoms with Crippen LogP contribution in [0.1, 0.15) is 25.7 Å². The molecular weight excluding hydrogens is 148 g/mol. The Bertz CT molecular complexity index is 217. The Balaban J connectivity index is 2.01. The highest BCUT2D eigenvalue weighted by Gasteiger charge is 2.31. The maximum Gasteiger partial charge on any atom is 0.148 e. The maximum atomic E-state index is 10.9. The lowest BCUT2D eigenvalue weighted by Gasteiger charge is -2.37. The van der Waals surface area contributed by atoms with Crippen molar-refractivity contribution in [3.8, 4) is 0 Å². The van der Waals surface area contributed by atoms with Crippen LogP contribution in [0.2, 0.25) is 0 Å². The van der Waals surface area contributed by atoms with Gasteiger partial charge in [-0.3, -0.25) is 5.11 Å². The van der Waals surface area contributed by atoms with Gasteiger partial charge >= 0.3 is 0 Å². The molecule has 12 heavy (non-hydrogen) atoms. The summed E-state index contributed by atoms with van der Waals surface area (Å²) < 4.78 is 0. The largest absolute Gasteiger partial charge is 0.296 e. The van der Waals surface area contributed by atoms with Gasteiger partial charge in [0.1, 0.15) is 5.76 Å². The van der Waals surface area contributed by atoms with Crippen LogP contribution in [0.15, 0.2) is 24.5 Å². The molecule has 0 spiro atoms. The van der Waals surface area contributed by atoms with Crippen LogP contribution in [0.4, 0.5) is 0 Å². The van der Waals surface area contributed by atoms with Gasteiger partial charge in [0.2, 0.25) is 0 Å². The molecule has 1 nitrogen and oxygen atoms in total. The van der Waals surface area contributed by atoms with Crippen molar-refractivity contribution < 1.29 is 5.11 Å². The molecule has 1 radical (unpaired) electrons. The summed E-state index contributed by atoms with van der Waals surface area (Å²) >= 11 is 0. The van der Waals surface area contributed by atoms with Gasteiger partial charge in [0.25, 0.3) is 0 Å².